The highest BCUT2D eigenvalue weighted by Crippen LogP contribution is 2.33. The van der Waals surface area contributed by atoms with E-state index in [9.17, 15) is 9.90 Å². The monoisotopic (exact) mass is 232 g/mol. The second kappa shape index (κ2) is 4.78. The molecule has 0 bridgehead atoms. The van der Waals surface area contributed by atoms with Crippen molar-refractivity contribution < 1.29 is 9.90 Å². The van der Waals surface area contributed by atoms with Gasteiger partial charge in [-0.2, -0.15) is 0 Å². The zero-order chi connectivity index (χ0) is 10.7. The molecule has 76 valence electrons. The lowest BCUT2D eigenvalue weighted by molar-refractivity contribution is -0.113. The Kier molecular flexibility index (Phi) is 3.93. The number of aliphatic hydroxyl groups is 1. The Labute approximate surface area is 92.5 Å². The van der Waals surface area contributed by atoms with Crippen molar-refractivity contribution in [3.63, 3.8) is 0 Å². The summed E-state index contributed by atoms with van der Waals surface area (Å²) >= 11 is 11.7. The molecule has 1 rings (SSSR count). The Balaban J connectivity index is 3.11. The van der Waals surface area contributed by atoms with Crippen molar-refractivity contribution in [3.8, 4) is 0 Å². The standard InChI is InChI=1S/C10H10Cl2O2/c1-6(5-13)10(14)9-7(11)3-2-4-8(9)12/h2-6,10,14H,1H3/t6-,10?/m1/s1. The van der Waals surface area contributed by atoms with Gasteiger partial charge in [0.25, 0.3) is 0 Å². The van der Waals surface area contributed by atoms with E-state index < -0.39 is 12.0 Å². The quantitative estimate of drug-likeness (QED) is 0.815. The van der Waals surface area contributed by atoms with Gasteiger partial charge in [-0.25, -0.2) is 0 Å². The first-order valence-corrected chi connectivity index (χ1v) is 4.90. The van der Waals surface area contributed by atoms with Crippen molar-refractivity contribution in [2.45, 2.75) is 13.0 Å². The van der Waals surface area contributed by atoms with Gasteiger partial charge in [0.15, 0.2) is 0 Å². The number of rotatable bonds is 3. The molecule has 0 aliphatic heterocycles. The van der Waals surface area contributed by atoms with Crippen LogP contribution >= 0.6 is 23.2 Å². The summed E-state index contributed by atoms with van der Waals surface area (Å²) in [6.07, 6.45) is -0.279. The molecule has 0 fully saturated rings. The maximum absolute atomic E-state index is 10.5. The van der Waals surface area contributed by atoms with Crippen LogP contribution in [-0.4, -0.2) is 11.4 Å². The van der Waals surface area contributed by atoms with Gasteiger partial charge in [0.2, 0.25) is 0 Å². The molecule has 4 heteroatoms. The first kappa shape index (κ1) is 11.5. The van der Waals surface area contributed by atoms with Crippen LogP contribution in [0.25, 0.3) is 0 Å². The van der Waals surface area contributed by atoms with Crippen LogP contribution in [0, 0.1) is 5.92 Å². The van der Waals surface area contributed by atoms with Crippen LogP contribution in [0.3, 0.4) is 0 Å². The molecule has 14 heavy (non-hydrogen) atoms. The van der Waals surface area contributed by atoms with Crippen LogP contribution in [0.5, 0.6) is 0 Å². The molecule has 0 radical (unpaired) electrons. The van der Waals surface area contributed by atoms with Gasteiger partial charge < -0.3 is 9.90 Å². The highest BCUT2D eigenvalue weighted by molar-refractivity contribution is 6.36. The van der Waals surface area contributed by atoms with Crippen LogP contribution in [0.4, 0.5) is 0 Å². The Morgan fingerprint density at radius 2 is 1.86 bits per heavy atom. The smallest absolute Gasteiger partial charge is 0.125 e. The van der Waals surface area contributed by atoms with Crippen molar-refractivity contribution in [1.82, 2.24) is 0 Å². The summed E-state index contributed by atoms with van der Waals surface area (Å²) in [4.78, 5) is 10.5. The van der Waals surface area contributed by atoms with Gasteiger partial charge >= 0.3 is 0 Å². The average Bonchev–Trinajstić information content (AvgIpc) is 2.16. The van der Waals surface area contributed by atoms with Crippen molar-refractivity contribution in [3.05, 3.63) is 33.8 Å². The molecule has 0 aromatic heterocycles. The van der Waals surface area contributed by atoms with Crippen molar-refractivity contribution in [2.75, 3.05) is 0 Å². The van der Waals surface area contributed by atoms with Crippen molar-refractivity contribution in [1.29, 1.82) is 0 Å². The molecule has 0 saturated carbocycles. The van der Waals surface area contributed by atoms with Gasteiger partial charge in [0.05, 0.1) is 6.10 Å². The molecule has 2 atom stereocenters. The number of hydrogen-bond donors (Lipinski definition) is 1. The summed E-state index contributed by atoms with van der Waals surface area (Å²) in [6, 6.07) is 4.94. The Morgan fingerprint density at radius 1 is 1.36 bits per heavy atom. The molecule has 0 aliphatic rings. The number of halogens is 2. The summed E-state index contributed by atoms with van der Waals surface area (Å²) < 4.78 is 0. The van der Waals surface area contributed by atoms with E-state index in [1.54, 1.807) is 25.1 Å². The maximum atomic E-state index is 10.5. The fourth-order valence-electron chi connectivity index (χ4n) is 1.13. The third-order valence-electron chi connectivity index (χ3n) is 2.01. The number of carbonyl (C=O) groups is 1. The van der Waals surface area contributed by atoms with E-state index in [0.717, 1.165) is 0 Å². The highest BCUT2D eigenvalue weighted by Gasteiger charge is 2.20. The van der Waals surface area contributed by atoms with E-state index in [1.165, 1.54) is 0 Å². The Hall–Kier alpha value is -0.570. The zero-order valence-corrected chi connectivity index (χ0v) is 9.09. The summed E-state index contributed by atoms with van der Waals surface area (Å²) in [5, 5.41) is 10.5. The molecule has 0 saturated heterocycles. The van der Waals surface area contributed by atoms with E-state index in [0.29, 0.717) is 21.9 Å². The summed E-state index contributed by atoms with van der Waals surface area (Å²) in [6.45, 7) is 1.61. The van der Waals surface area contributed by atoms with Crippen LogP contribution in [0.2, 0.25) is 10.0 Å². The number of aldehydes is 1. The lowest BCUT2D eigenvalue weighted by Gasteiger charge is -2.16. The topological polar surface area (TPSA) is 37.3 Å². The van der Waals surface area contributed by atoms with Gasteiger partial charge in [-0.1, -0.05) is 36.2 Å². The molecule has 0 aliphatic carbocycles. The van der Waals surface area contributed by atoms with E-state index >= 15 is 0 Å². The predicted octanol–water partition coefficient (Wildman–Crippen LogP) is 2.86. The van der Waals surface area contributed by atoms with E-state index in [1.807, 2.05) is 0 Å². The van der Waals surface area contributed by atoms with Crippen LogP contribution in [-0.2, 0) is 4.79 Å². The Bertz CT molecular complexity index is 319. The minimum absolute atomic E-state index is 0.374. The van der Waals surface area contributed by atoms with Crippen LogP contribution in [0.15, 0.2) is 18.2 Å². The van der Waals surface area contributed by atoms with Gasteiger partial charge in [0, 0.05) is 21.5 Å². The predicted molar refractivity (Wildman–Crippen MR) is 56.6 cm³/mol. The van der Waals surface area contributed by atoms with Gasteiger partial charge in [-0.3, -0.25) is 0 Å². The Morgan fingerprint density at radius 3 is 2.29 bits per heavy atom. The summed E-state index contributed by atoms with van der Waals surface area (Å²) in [7, 11) is 0. The number of hydrogen-bond acceptors (Lipinski definition) is 2. The third kappa shape index (κ3) is 2.27. The zero-order valence-electron chi connectivity index (χ0n) is 7.58. The lowest BCUT2D eigenvalue weighted by atomic mass is 9.99. The second-order valence-corrected chi connectivity index (χ2v) is 3.89. The number of carbonyl (C=O) groups excluding carboxylic acids is 1. The first-order valence-electron chi connectivity index (χ1n) is 4.15. The minimum atomic E-state index is -0.950. The average molecular weight is 233 g/mol. The van der Waals surface area contributed by atoms with Gasteiger partial charge in [0.1, 0.15) is 6.29 Å². The SMILES string of the molecule is C[C@H](C=O)C(O)c1c(Cl)cccc1Cl. The molecule has 2 nitrogen and oxygen atoms in total. The first-order chi connectivity index (χ1) is 6.57. The second-order valence-electron chi connectivity index (χ2n) is 3.08. The van der Waals surface area contributed by atoms with Gasteiger partial charge in [-0.15, -0.1) is 0 Å². The molecular weight excluding hydrogens is 223 g/mol. The maximum Gasteiger partial charge on any atom is 0.125 e. The van der Waals surface area contributed by atoms with E-state index in [-0.39, 0.29) is 0 Å². The van der Waals surface area contributed by atoms with E-state index in [2.05, 4.69) is 0 Å². The lowest BCUT2D eigenvalue weighted by Crippen LogP contribution is -2.11. The normalized spacial score (nSPS) is 14.9. The van der Waals surface area contributed by atoms with Gasteiger partial charge in [-0.05, 0) is 12.1 Å². The molecule has 1 aromatic rings. The van der Waals surface area contributed by atoms with Crippen LogP contribution in [0.1, 0.15) is 18.6 Å². The molecule has 0 amide bonds. The fourth-order valence-corrected chi connectivity index (χ4v) is 1.75. The van der Waals surface area contributed by atoms with Crippen molar-refractivity contribution in [2.24, 2.45) is 5.92 Å². The highest BCUT2D eigenvalue weighted by atomic mass is 35.5. The molecule has 0 spiro atoms. The summed E-state index contributed by atoms with van der Waals surface area (Å²) in [5.41, 5.74) is 0.412. The number of benzene rings is 1. The van der Waals surface area contributed by atoms with Crippen LogP contribution < -0.4 is 0 Å². The molecule has 0 heterocycles. The molecule has 1 unspecified atom stereocenters. The largest absolute Gasteiger partial charge is 0.388 e. The number of aliphatic hydroxyl groups excluding tert-OH is 1. The minimum Gasteiger partial charge on any atom is -0.388 e. The third-order valence-corrected chi connectivity index (χ3v) is 2.67. The van der Waals surface area contributed by atoms with Crippen molar-refractivity contribution >= 4 is 29.5 Å². The fraction of sp³-hybridized carbons (Fsp3) is 0.300. The molecule has 1 N–H and O–H groups in total. The van der Waals surface area contributed by atoms with E-state index in [4.69, 9.17) is 23.2 Å². The molecular formula is C10H10Cl2O2. The molecule has 1 aromatic carbocycles. The summed E-state index contributed by atoms with van der Waals surface area (Å²) in [5.74, 6) is -0.521.